The number of hydrogen-bond acceptors (Lipinski definition) is 2. The summed E-state index contributed by atoms with van der Waals surface area (Å²) >= 11 is 0. The molecular weight excluding hydrogens is 212 g/mol. The standard InChI is InChI=1S/C15H16O2/c1-11(12-3-7-14(16)8-4-12)13-5-9-15(17-2)10-6-13/h3-11,16H,1-2H3. The molecule has 0 saturated carbocycles. The molecule has 2 heteroatoms. The Morgan fingerprint density at radius 2 is 1.35 bits per heavy atom. The van der Waals surface area contributed by atoms with Crippen LogP contribution in [-0.2, 0) is 0 Å². The summed E-state index contributed by atoms with van der Waals surface area (Å²) in [6, 6.07) is 15.4. The van der Waals surface area contributed by atoms with Crippen molar-refractivity contribution in [2.45, 2.75) is 12.8 Å². The molecular formula is C15H16O2. The van der Waals surface area contributed by atoms with Crippen LogP contribution in [0.2, 0.25) is 0 Å². The fourth-order valence-electron chi connectivity index (χ4n) is 1.85. The Morgan fingerprint density at radius 3 is 1.82 bits per heavy atom. The van der Waals surface area contributed by atoms with Gasteiger partial charge < -0.3 is 9.84 Å². The van der Waals surface area contributed by atoms with E-state index >= 15 is 0 Å². The Balaban J connectivity index is 2.23. The van der Waals surface area contributed by atoms with Gasteiger partial charge in [0.05, 0.1) is 7.11 Å². The number of phenols is 1. The topological polar surface area (TPSA) is 29.5 Å². The SMILES string of the molecule is COc1ccc(C(C)c2ccc(O)cc2)cc1. The minimum absolute atomic E-state index is 0.302. The maximum atomic E-state index is 9.26. The zero-order valence-corrected chi connectivity index (χ0v) is 10.1. The molecule has 0 aromatic heterocycles. The van der Waals surface area contributed by atoms with Crippen molar-refractivity contribution in [3.8, 4) is 11.5 Å². The van der Waals surface area contributed by atoms with Crippen LogP contribution in [-0.4, -0.2) is 12.2 Å². The summed E-state index contributed by atoms with van der Waals surface area (Å²) in [6.07, 6.45) is 0. The molecule has 1 unspecified atom stereocenters. The summed E-state index contributed by atoms with van der Waals surface area (Å²) in [5, 5.41) is 9.26. The van der Waals surface area contributed by atoms with E-state index in [-0.39, 0.29) is 0 Å². The molecule has 0 aliphatic heterocycles. The van der Waals surface area contributed by atoms with Crippen molar-refractivity contribution >= 4 is 0 Å². The highest BCUT2D eigenvalue weighted by Gasteiger charge is 2.08. The first-order valence-corrected chi connectivity index (χ1v) is 5.63. The lowest BCUT2D eigenvalue weighted by Crippen LogP contribution is -1.95. The number of hydrogen-bond donors (Lipinski definition) is 1. The first-order chi connectivity index (χ1) is 8.20. The Labute approximate surface area is 101 Å². The Kier molecular flexibility index (Phi) is 3.33. The van der Waals surface area contributed by atoms with E-state index in [0.717, 1.165) is 5.75 Å². The van der Waals surface area contributed by atoms with Crippen LogP contribution in [0.5, 0.6) is 11.5 Å². The van der Waals surface area contributed by atoms with Crippen LogP contribution in [0.3, 0.4) is 0 Å². The molecule has 0 spiro atoms. The van der Waals surface area contributed by atoms with Crippen LogP contribution >= 0.6 is 0 Å². The lowest BCUT2D eigenvalue weighted by atomic mass is 9.93. The van der Waals surface area contributed by atoms with Crippen LogP contribution in [0, 0.1) is 0 Å². The van der Waals surface area contributed by atoms with Crippen LogP contribution in [0.1, 0.15) is 24.0 Å². The first kappa shape index (κ1) is 11.5. The van der Waals surface area contributed by atoms with Crippen molar-refractivity contribution in [3.63, 3.8) is 0 Å². The highest BCUT2D eigenvalue weighted by Crippen LogP contribution is 2.26. The maximum Gasteiger partial charge on any atom is 0.118 e. The second kappa shape index (κ2) is 4.91. The second-order valence-corrected chi connectivity index (χ2v) is 4.09. The zero-order chi connectivity index (χ0) is 12.3. The van der Waals surface area contributed by atoms with Crippen molar-refractivity contribution in [3.05, 3.63) is 59.7 Å². The molecule has 2 aromatic carbocycles. The molecule has 1 N–H and O–H groups in total. The smallest absolute Gasteiger partial charge is 0.118 e. The van der Waals surface area contributed by atoms with Gasteiger partial charge in [-0.15, -0.1) is 0 Å². The van der Waals surface area contributed by atoms with Crippen molar-refractivity contribution in [1.82, 2.24) is 0 Å². The Hall–Kier alpha value is -1.96. The van der Waals surface area contributed by atoms with E-state index in [4.69, 9.17) is 4.74 Å². The molecule has 2 rings (SSSR count). The van der Waals surface area contributed by atoms with Gasteiger partial charge in [-0.25, -0.2) is 0 Å². The largest absolute Gasteiger partial charge is 0.508 e. The van der Waals surface area contributed by atoms with E-state index < -0.39 is 0 Å². The van der Waals surface area contributed by atoms with Crippen LogP contribution < -0.4 is 4.74 Å². The van der Waals surface area contributed by atoms with Crippen LogP contribution in [0.25, 0.3) is 0 Å². The number of aromatic hydroxyl groups is 1. The molecule has 0 aliphatic rings. The van der Waals surface area contributed by atoms with E-state index in [1.54, 1.807) is 19.2 Å². The molecule has 0 amide bonds. The quantitative estimate of drug-likeness (QED) is 0.870. The van der Waals surface area contributed by atoms with Crippen molar-refractivity contribution in [2.75, 3.05) is 7.11 Å². The van der Waals surface area contributed by atoms with Gasteiger partial charge in [-0.1, -0.05) is 31.2 Å². The highest BCUT2D eigenvalue weighted by atomic mass is 16.5. The van der Waals surface area contributed by atoms with Crippen molar-refractivity contribution in [2.24, 2.45) is 0 Å². The number of rotatable bonds is 3. The molecule has 0 saturated heterocycles. The van der Waals surface area contributed by atoms with Gasteiger partial charge in [-0.2, -0.15) is 0 Å². The third-order valence-corrected chi connectivity index (χ3v) is 3.01. The molecule has 2 nitrogen and oxygen atoms in total. The Morgan fingerprint density at radius 1 is 0.882 bits per heavy atom. The van der Waals surface area contributed by atoms with Gasteiger partial charge in [0.1, 0.15) is 11.5 Å². The normalized spacial score (nSPS) is 12.1. The summed E-state index contributed by atoms with van der Waals surface area (Å²) in [5.74, 6) is 1.48. The predicted octanol–water partition coefficient (Wildman–Crippen LogP) is 3.55. The van der Waals surface area contributed by atoms with E-state index in [1.807, 2.05) is 24.3 Å². The molecule has 0 radical (unpaired) electrons. The van der Waals surface area contributed by atoms with Gasteiger partial charge in [0.2, 0.25) is 0 Å². The molecule has 0 aliphatic carbocycles. The van der Waals surface area contributed by atoms with Gasteiger partial charge >= 0.3 is 0 Å². The Bertz CT molecular complexity index is 471. The van der Waals surface area contributed by atoms with Crippen molar-refractivity contribution in [1.29, 1.82) is 0 Å². The summed E-state index contributed by atoms with van der Waals surface area (Å²) in [4.78, 5) is 0. The summed E-state index contributed by atoms with van der Waals surface area (Å²) < 4.78 is 5.14. The van der Waals surface area contributed by atoms with E-state index in [1.165, 1.54) is 11.1 Å². The maximum absolute atomic E-state index is 9.26. The predicted molar refractivity (Wildman–Crippen MR) is 68.6 cm³/mol. The minimum atomic E-state index is 0.302. The molecule has 0 heterocycles. The summed E-state index contributed by atoms with van der Waals surface area (Å²) in [7, 11) is 1.67. The van der Waals surface area contributed by atoms with Crippen LogP contribution in [0.4, 0.5) is 0 Å². The first-order valence-electron chi connectivity index (χ1n) is 5.63. The van der Waals surface area contributed by atoms with Crippen LogP contribution in [0.15, 0.2) is 48.5 Å². The fraction of sp³-hybridized carbons (Fsp3) is 0.200. The summed E-state index contributed by atoms with van der Waals surface area (Å²) in [5.41, 5.74) is 2.42. The molecule has 17 heavy (non-hydrogen) atoms. The molecule has 0 fully saturated rings. The van der Waals surface area contributed by atoms with Crippen molar-refractivity contribution < 1.29 is 9.84 Å². The van der Waals surface area contributed by atoms with Gasteiger partial charge in [0.15, 0.2) is 0 Å². The van der Waals surface area contributed by atoms with Gasteiger partial charge in [-0.3, -0.25) is 0 Å². The number of ether oxygens (including phenoxy) is 1. The van der Waals surface area contributed by atoms with E-state index in [0.29, 0.717) is 11.7 Å². The van der Waals surface area contributed by atoms with Gasteiger partial charge in [0, 0.05) is 5.92 Å². The van der Waals surface area contributed by atoms with E-state index in [9.17, 15) is 5.11 Å². The van der Waals surface area contributed by atoms with Gasteiger partial charge in [0.25, 0.3) is 0 Å². The zero-order valence-electron chi connectivity index (χ0n) is 10.1. The van der Waals surface area contributed by atoms with Gasteiger partial charge in [-0.05, 0) is 35.4 Å². The lowest BCUT2D eigenvalue weighted by Gasteiger charge is -2.13. The monoisotopic (exact) mass is 228 g/mol. The fourth-order valence-corrected chi connectivity index (χ4v) is 1.85. The molecule has 0 bridgehead atoms. The third kappa shape index (κ3) is 2.59. The lowest BCUT2D eigenvalue weighted by molar-refractivity contribution is 0.414. The average Bonchev–Trinajstić information content (AvgIpc) is 2.39. The number of benzene rings is 2. The molecule has 2 aromatic rings. The highest BCUT2D eigenvalue weighted by molar-refractivity contribution is 5.37. The number of phenolic OH excluding ortho intramolecular Hbond substituents is 1. The van der Waals surface area contributed by atoms with E-state index in [2.05, 4.69) is 19.1 Å². The third-order valence-electron chi connectivity index (χ3n) is 3.01. The summed E-state index contributed by atoms with van der Waals surface area (Å²) in [6.45, 7) is 2.15. The second-order valence-electron chi connectivity index (χ2n) is 4.09. The molecule has 1 atom stereocenters. The average molecular weight is 228 g/mol. The number of methoxy groups -OCH3 is 1. The minimum Gasteiger partial charge on any atom is -0.508 e. The molecule has 88 valence electrons.